The molecule has 1 aromatic heterocycles. The molecular weight excluding hydrogens is 462 g/mol. The Morgan fingerprint density at radius 3 is 2.53 bits per heavy atom. The molecule has 1 atom stereocenters. The van der Waals surface area contributed by atoms with Crippen LogP contribution >= 0.6 is 0 Å². The van der Waals surface area contributed by atoms with Gasteiger partial charge in [-0.3, -0.25) is 9.59 Å². The molecule has 0 aliphatic rings. The molecule has 3 rings (SSSR count). The first-order valence-electron chi connectivity index (χ1n) is 11.8. The lowest BCUT2D eigenvalue weighted by Gasteiger charge is -2.35. The van der Waals surface area contributed by atoms with Crippen LogP contribution in [0.4, 0.5) is 0 Å². The third-order valence-corrected chi connectivity index (χ3v) is 6.20. The lowest BCUT2D eigenvalue weighted by atomic mass is 9.97. The first-order valence-corrected chi connectivity index (χ1v) is 11.8. The fourth-order valence-corrected chi connectivity index (χ4v) is 3.83. The number of nitrogens with one attached hydrogen (secondary N) is 1. The van der Waals surface area contributed by atoms with Crippen molar-refractivity contribution in [1.29, 1.82) is 0 Å². The number of hydrogen-bond donors (Lipinski definition) is 1. The van der Waals surface area contributed by atoms with Crippen molar-refractivity contribution in [2.24, 2.45) is 0 Å². The number of amides is 2. The van der Waals surface area contributed by atoms with Crippen molar-refractivity contribution in [3.05, 3.63) is 48.0 Å². The number of fused-ring (bicyclic) bond motifs is 1. The quantitative estimate of drug-likeness (QED) is 0.410. The van der Waals surface area contributed by atoms with Gasteiger partial charge < -0.3 is 24.4 Å². The van der Waals surface area contributed by atoms with E-state index in [0.29, 0.717) is 29.0 Å². The smallest absolute Gasteiger partial charge is 0.248 e. The second-order valence-electron chi connectivity index (χ2n) is 9.05. The number of carbonyl (C=O) groups is 2. The van der Waals surface area contributed by atoms with Gasteiger partial charge in [0.1, 0.15) is 29.6 Å². The molecule has 2 amide bonds. The number of hydrogen-bond acceptors (Lipinski definition) is 7. The van der Waals surface area contributed by atoms with Crippen LogP contribution in [-0.2, 0) is 20.9 Å². The summed E-state index contributed by atoms with van der Waals surface area (Å²) in [5.74, 6) is 0.356. The minimum absolute atomic E-state index is 0.0997. The number of carbonyl (C=O) groups excluding carboxylic acids is 2. The fourth-order valence-electron chi connectivity index (χ4n) is 3.83. The highest BCUT2D eigenvalue weighted by atomic mass is 16.5. The van der Waals surface area contributed by atoms with E-state index in [1.165, 1.54) is 16.7 Å². The Morgan fingerprint density at radius 2 is 1.86 bits per heavy atom. The molecule has 0 aliphatic carbocycles. The molecule has 1 heterocycles. The van der Waals surface area contributed by atoms with Crippen molar-refractivity contribution in [2.75, 3.05) is 34.5 Å². The Labute approximate surface area is 211 Å². The van der Waals surface area contributed by atoms with Crippen LogP contribution in [0.25, 0.3) is 11.0 Å². The zero-order chi connectivity index (χ0) is 26.3. The van der Waals surface area contributed by atoms with Crippen molar-refractivity contribution in [3.8, 4) is 11.5 Å². The molecule has 0 bridgehead atoms. The van der Waals surface area contributed by atoms with Crippen molar-refractivity contribution in [2.45, 2.75) is 45.3 Å². The van der Waals surface area contributed by atoms with Crippen LogP contribution in [0.3, 0.4) is 0 Å². The standard InChI is InChI=1S/C26H35N5O5/c1-7-26(2,3)27-25(33)24(19-16-18(35-5)12-13-22(19)36-6)30(14-15-34-4)23(32)17-31-21-11-9-8-10-20(21)28-29-31/h8-13,16,24H,7,14-15,17H2,1-6H3,(H,27,33). The molecule has 10 heteroatoms. The number of nitrogens with zero attached hydrogens (tertiary/aromatic N) is 4. The topological polar surface area (TPSA) is 108 Å². The maximum Gasteiger partial charge on any atom is 0.248 e. The van der Waals surface area contributed by atoms with E-state index >= 15 is 0 Å². The van der Waals surface area contributed by atoms with Gasteiger partial charge in [-0.25, -0.2) is 4.68 Å². The molecule has 0 fully saturated rings. The average molecular weight is 498 g/mol. The van der Waals surface area contributed by atoms with Gasteiger partial charge in [-0.15, -0.1) is 5.10 Å². The SMILES string of the molecule is CCC(C)(C)NC(=O)C(c1cc(OC)ccc1OC)N(CCOC)C(=O)Cn1nnc2ccccc21. The number of aromatic nitrogens is 3. The lowest BCUT2D eigenvalue weighted by molar-refractivity contribution is -0.143. The summed E-state index contributed by atoms with van der Waals surface area (Å²) in [5.41, 5.74) is 1.43. The van der Waals surface area contributed by atoms with Crippen LogP contribution in [0, 0.1) is 0 Å². The average Bonchev–Trinajstić information content (AvgIpc) is 3.28. The van der Waals surface area contributed by atoms with Crippen molar-refractivity contribution < 1.29 is 23.8 Å². The second kappa shape index (κ2) is 11.9. The maximum absolute atomic E-state index is 13.8. The largest absolute Gasteiger partial charge is 0.497 e. The van der Waals surface area contributed by atoms with Crippen molar-refractivity contribution in [1.82, 2.24) is 25.2 Å². The van der Waals surface area contributed by atoms with Gasteiger partial charge in [0.05, 0.1) is 26.3 Å². The number of benzene rings is 2. The van der Waals surface area contributed by atoms with E-state index in [1.54, 1.807) is 32.4 Å². The van der Waals surface area contributed by atoms with Crippen molar-refractivity contribution in [3.63, 3.8) is 0 Å². The van der Waals surface area contributed by atoms with E-state index in [9.17, 15) is 9.59 Å². The summed E-state index contributed by atoms with van der Waals surface area (Å²) >= 11 is 0. The van der Waals surface area contributed by atoms with Crippen LogP contribution in [0.2, 0.25) is 0 Å². The normalized spacial score (nSPS) is 12.3. The van der Waals surface area contributed by atoms with Crippen LogP contribution in [0.5, 0.6) is 11.5 Å². The lowest BCUT2D eigenvalue weighted by Crippen LogP contribution is -2.51. The highest BCUT2D eigenvalue weighted by molar-refractivity contribution is 5.90. The Kier molecular flexibility index (Phi) is 8.87. The molecule has 0 spiro atoms. The summed E-state index contributed by atoms with van der Waals surface area (Å²) in [4.78, 5) is 29.1. The highest BCUT2D eigenvalue weighted by Crippen LogP contribution is 2.34. The van der Waals surface area contributed by atoms with E-state index in [1.807, 2.05) is 45.0 Å². The molecule has 1 N–H and O–H groups in total. The van der Waals surface area contributed by atoms with Gasteiger partial charge in [-0.2, -0.15) is 0 Å². The van der Waals surface area contributed by atoms with Gasteiger partial charge in [0.15, 0.2) is 0 Å². The summed E-state index contributed by atoms with van der Waals surface area (Å²) in [6, 6.07) is 11.6. The first-order chi connectivity index (χ1) is 17.2. The van der Waals surface area contributed by atoms with Gasteiger partial charge >= 0.3 is 0 Å². The number of para-hydroxylation sites is 1. The molecule has 0 radical (unpaired) electrons. The predicted molar refractivity (Wildman–Crippen MR) is 136 cm³/mol. The minimum Gasteiger partial charge on any atom is -0.497 e. The summed E-state index contributed by atoms with van der Waals surface area (Å²) in [6.07, 6.45) is 0.706. The van der Waals surface area contributed by atoms with Crippen LogP contribution in [-0.4, -0.2) is 71.7 Å². The third-order valence-electron chi connectivity index (χ3n) is 6.20. The summed E-state index contributed by atoms with van der Waals surface area (Å²) < 4.78 is 17.9. The molecule has 1 unspecified atom stereocenters. The van der Waals surface area contributed by atoms with Gasteiger partial charge in [-0.1, -0.05) is 24.3 Å². The molecule has 0 aliphatic heterocycles. The Hall–Kier alpha value is -3.66. The van der Waals surface area contributed by atoms with E-state index in [-0.39, 0.29) is 31.5 Å². The van der Waals surface area contributed by atoms with Crippen molar-refractivity contribution >= 4 is 22.8 Å². The van der Waals surface area contributed by atoms with E-state index in [2.05, 4.69) is 15.6 Å². The number of methoxy groups -OCH3 is 3. The van der Waals surface area contributed by atoms with Crippen LogP contribution in [0.1, 0.15) is 38.8 Å². The fraction of sp³-hybridized carbons (Fsp3) is 0.462. The predicted octanol–water partition coefficient (Wildman–Crippen LogP) is 2.97. The first kappa shape index (κ1) is 26.9. The molecule has 10 nitrogen and oxygen atoms in total. The van der Waals surface area contributed by atoms with E-state index in [4.69, 9.17) is 14.2 Å². The monoisotopic (exact) mass is 497 g/mol. The Bertz CT molecular complexity index is 1190. The molecule has 2 aromatic carbocycles. The molecule has 194 valence electrons. The van der Waals surface area contributed by atoms with E-state index in [0.717, 1.165) is 5.52 Å². The van der Waals surface area contributed by atoms with Crippen LogP contribution in [0.15, 0.2) is 42.5 Å². The Balaban J connectivity index is 2.09. The molecule has 0 saturated heterocycles. The molecular formula is C26H35N5O5. The van der Waals surface area contributed by atoms with Gasteiger partial charge in [-0.05, 0) is 50.6 Å². The molecule has 3 aromatic rings. The van der Waals surface area contributed by atoms with Gasteiger partial charge in [0.2, 0.25) is 11.8 Å². The Morgan fingerprint density at radius 1 is 1.11 bits per heavy atom. The zero-order valence-electron chi connectivity index (χ0n) is 21.8. The minimum atomic E-state index is -1.00. The zero-order valence-corrected chi connectivity index (χ0v) is 21.8. The highest BCUT2D eigenvalue weighted by Gasteiger charge is 2.36. The van der Waals surface area contributed by atoms with Gasteiger partial charge in [0, 0.05) is 24.8 Å². The maximum atomic E-state index is 13.8. The summed E-state index contributed by atoms with van der Waals surface area (Å²) in [7, 11) is 4.62. The van der Waals surface area contributed by atoms with Gasteiger partial charge in [0.25, 0.3) is 0 Å². The third kappa shape index (κ3) is 6.12. The second-order valence-corrected chi connectivity index (χ2v) is 9.05. The summed E-state index contributed by atoms with van der Waals surface area (Å²) in [6.45, 7) is 6.17. The molecule has 36 heavy (non-hydrogen) atoms. The number of ether oxygens (including phenoxy) is 3. The number of rotatable bonds is 12. The molecule has 0 saturated carbocycles. The van der Waals surface area contributed by atoms with E-state index < -0.39 is 11.6 Å². The summed E-state index contributed by atoms with van der Waals surface area (Å²) in [5, 5.41) is 11.4. The van der Waals surface area contributed by atoms with Crippen LogP contribution < -0.4 is 14.8 Å².